The molecule has 4 heteroatoms. The van der Waals surface area contributed by atoms with E-state index in [2.05, 4.69) is 42.9 Å². The monoisotopic (exact) mass is 276 g/mol. The Labute approximate surface area is 123 Å². The smallest absolute Gasteiger partial charge is 0.137 e. The molecule has 4 nitrogen and oxygen atoms in total. The molecule has 112 valence electrons. The van der Waals surface area contributed by atoms with Crippen LogP contribution in [0.15, 0.2) is 0 Å². The SMILES string of the molecule is CCCc1nc(NCC)c(C)c(N2CCCC(C)C2)n1. The Morgan fingerprint density at radius 3 is 2.75 bits per heavy atom. The van der Waals surface area contributed by atoms with Crippen LogP contribution in [0.1, 0.15) is 51.4 Å². The van der Waals surface area contributed by atoms with Crippen molar-refractivity contribution in [2.75, 3.05) is 29.9 Å². The fourth-order valence-corrected chi connectivity index (χ4v) is 2.91. The summed E-state index contributed by atoms with van der Waals surface area (Å²) < 4.78 is 0. The standard InChI is InChI=1S/C16H28N4/c1-5-8-14-18-15(17-6-2)13(4)16(19-14)20-10-7-9-12(3)11-20/h12H,5-11H2,1-4H3,(H,17,18,19). The van der Waals surface area contributed by atoms with Crippen molar-refractivity contribution in [3.63, 3.8) is 0 Å². The van der Waals surface area contributed by atoms with Crippen LogP contribution in [0.4, 0.5) is 11.6 Å². The Balaban J connectivity index is 2.33. The zero-order valence-electron chi connectivity index (χ0n) is 13.4. The molecule has 0 radical (unpaired) electrons. The lowest BCUT2D eigenvalue weighted by Gasteiger charge is -2.33. The van der Waals surface area contributed by atoms with Crippen LogP contribution in [-0.4, -0.2) is 29.6 Å². The number of piperidine rings is 1. The van der Waals surface area contributed by atoms with Crippen LogP contribution in [0.2, 0.25) is 0 Å². The molecule has 1 aromatic heterocycles. The van der Waals surface area contributed by atoms with E-state index in [1.165, 1.54) is 18.4 Å². The van der Waals surface area contributed by atoms with Crippen molar-refractivity contribution in [1.29, 1.82) is 0 Å². The van der Waals surface area contributed by atoms with E-state index in [1.54, 1.807) is 0 Å². The first kappa shape index (κ1) is 15.1. The van der Waals surface area contributed by atoms with E-state index >= 15 is 0 Å². The normalized spacial score (nSPS) is 19.2. The predicted octanol–water partition coefficient (Wildman–Crippen LogP) is 3.41. The molecule has 20 heavy (non-hydrogen) atoms. The van der Waals surface area contributed by atoms with Crippen LogP contribution in [0.3, 0.4) is 0 Å². The van der Waals surface area contributed by atoms with E-state index in [4.69, 9.17) is 4.98 Å². The first-order valence-electron chi connectivity index (χ1n) is 8.02. The van der Waals surface area contributed by atoms with Crippen LogP contribution in [0.25, 0.3) is 0 Å². The minimum Gasteiger partial charge on any atom is -0.370 e. The minimum atomic E-state index is 0.760. The van der Waals surface area contributed by atoms with E-state index in [0.717, 1.165) is 55.9 Å². The highest BCUT2D eigenvalue weighted by Crippen LogP contribution is 2.28. The topological polar surface area (TPSA) is 41.1 Å². The maximum absolute atomic E-state index is 4.84. The molecule has 1 aliphatic rings. The summed E-state index contributed by atoms with van der Waals surface area (Å²) in [7, 11) is 0. The molecule has 2 rings (SSSR count). The molecule has 1 fully saturated rings. The lowest BCUT2D eigenvalue weighted by atomic mass is 10.00. The van der Waals surface area contributed by atoms with Crippen molar-refractivity contribution in [1.82, 2.24) is 9.97 Å². The molecular weight excluding hydrogens is 248 g/mol. The van der Waals surface area contributed by atoms with Gasteiger partial charge in [0.05, 0.1) is 0 Å². The Kier molecular flexibility index (Phi) is 5.21. The Hall–Kier alpha value is -1.32. The van der Waals surface area contributed by atoms with Crippen molar-refractivity contribution < 1.29 is 0 Å². The largest absolute Gasteiger partial charge is 0.370 e. The van der Waals surface area contributed by atoms with Crippen LogP contribution in [0.5, 0.6) is 0 Å². The van der Waals surface area contributed by atoms with Gasteiger partial charge in [0.15, 0.2) is 0 Å². The summed E-state index contributed by atoms with van der Waals surface area (Å²) in [5.74, 6) is 3.89. The molecule has 1 N–H and O–H groups in total. The van der Waals surface area contributed by atoms with Crippen molar-refractivity contribution in [3.8, 4) is 0 Å². The highest BCUT2D eigenvalue weighted by molar-refractivity contribution is 5.58. The van der Waals surface area contributed by atoms with Crippen LogP contribution >= 0.6 is 0 Å². The number of hydrogen-bond donors (Lipinski definition) is 1. The number of aromatic nitrogens is 2. The average Bonchev–Trinajstić information content (AvgIpc) is 2.43. The van der Waals surface area contributed by atoms with Crippen molar-refractivity contribution in [2.45, 2.75) is 53.4 Å². The molecule has 1 unspecified atom stereocenters. The first-order valence-corrected chi connectivity index (χ1v) is 8.02. The van der Waals surface area contributed by atoms with Gasteiger partial charge in [-0.2, -0.15) is 0 Å². The number of rotatable bonds is 5. The second-order valence-corrected chi connectivity index (χ2v) is 5.91. The quantitative estimate of drug-likeness (QED) is 0.895. The zero-order chi connectivity index (χ0) is 14.5. The van der Waals surface area contributed by atoms with Gasteiger partial charge in [-0.25, -0.2) is 9.97 Å². The molecule has 0 aromatic carbocycles. The van der Waals surface area contributed by atoms with Gasteiger partial charge in [-0.05, 0) is 39.0 Å². The van der Waals surface area contributed by atoms with Crippen LogP contribution in [0, 0.1) is 12.8 Å². The summed E-state index contributed by atoms with van der Waals surface area (Å²) in [6.45, 7) is 11.9. The second kappa shape index (κ2) is 6.91. The lowest BCUT2D eigenvalue weighted by molar-refractivity contribution is 0.443. The van der Waals surface area contributed by atoms with Crippen molar-refractivity contribution >= 4 is 11.6 Å². The maximum atomic E-state index is 4.84. The predicted molar refractivity (Wildman–Crippen MR) is 85.5 cm³/mol. The summed E-state index contributed by atoms with van der Waals surface area (Å²) in [6, 6.07) is 0. The maximum Gasteiger partial charge on any atom is 0.137 e. The summed E-state index contributed by atoms with van der Waals surface area (Å²) in [5.41, 5.74) is 1.20. The van der Waals surface area contributed by atoms with Gasteiger partial charge in [-0.1, -0.05) is 13.8 Å². The van der Waals surface area contributed by atoms with Gasteiger partial charge in [0.1, 0.15) is 17.5 Å². The highest BCUT2D eigenvalue weighted by Gasteiger charge is 2.21. The first-order chi connectivity index (χ1) is 9.65. The van der Waals surface area contributed by atoms with Gasteiger partial charge in [0.2, 0.25) is 0 Å². The molecule has 0 bridgehead atoms. The van der Waals surface area contributed by atoms with E-state index in [0.29, 0.717) is 0 Å². The molecule has 0 amide bonds. The summed E-state index contributed by atoms with van der Waals surface area (Å²) in [4.78, 5) is 12.0. The fraction of sp³-hybridized carbons (Fsp3) is 0.750. The van der Waals surface area contributed by atoms with E-state index in [9.17, 15) is 0 Å². The van der Waals surface area contributed by atoms with Crippen LogP contribution in [-0.2, 0) is 6.42 Å². The number of anilines is 2. The van der Waals surface area contributed by atoms with Gasteiger partial charge < -0.3 is 10.2 Å². The number of hydrogen-bond acceptors (Lipinski definition) is 4. The summed E-state index contributed by atoms with van der Waals surface area (Å²) in [6.07, 6.45) is 4.65. The van der Waals surface area contributed by atoms with Gasteiger partial charge in [0, 0.05) is 31.6 Å². The Morgan fingerprint density at radius 1 is 1.30 bits per heavy atom. The molecule has 2 heterocycles. The van der Waals surface area contributed by atoms with Gasteiger partial charge in [-0.15, -0.1) is 0 Å². The van der Waals surface area contributed by atoms with E-state index in [1.807, 2.05) is 0 Å². The minimum absolute atomic E-state index is 0.760. The lowest BCUT2D eigenvalue weighted by Crippen LogP contribution is -2.35. The van der Waals surface area contributed by atoms with Crippen molar-refractivity contribution in [2.24, 2.45) is 5.92 Å². The fourth-order valence-electron chi connectivity index (χ4n) is 2.91. The third kappa shape index (κ3) is 3.41. The van der Waals surface area contributed by atoms with Gasteiger partial charge >= 0.3 is 0 Å². The highest BCUT2D eigenvalue weighted by atomic mass is 15.2. The molecule has 0 saturated carbocycles. The molecule has 1 atom stereocenters. The summed E-state index contributed by atoms with van der Waals surface area (Å²) >= 11 is 0. The third-order valence-corrected chi connectivity index (χ3v) is 3.94. The third-order valence-electron chi connectivity index (χ3n) is 3.94. The molecule has 0 spiro atoms. The molecule has 1 aliphatic heterocycles. The number of nitrogens with one attached hydrogen (secondary N) is 1. The van der Waals surface area contributed by atoms with Crippen molar-refractivity contribution in [3.05, 3.63) is 11.4 Å². The van der Waals surface area contributed by atoms with E-state index in [-0.39, 0.29) is 0 Å². The second-order valence-electron chi connectivity index (χ2n) is 5.91. The Morgan fingerprint density at radius 2 is 2.10 bits per heavy atom. The average molecular weight is 276 g/mol. The van der Waals surface area contributed by atoms with Crippen LogP contribution < -0.4 is 10.2 Å². The molecular formula is C16H28N4. The number of aryl methyl sites for hydroxylation is 1. The molecule has 1 saturated heterocycles. The zero-order valence-corrected chi connectivity index (χ0v) is 13.4. The van der Waals surface area contributed by atoms with Gasteiger partial charge in [-0.3, -0.25) is 0 Å². The van der Waals surface area contributed by atoms with Gasteiger partial charge in [0.25, 0.3) is 0 Å². The number of nitrogens with zero attached hydrogens (tertiary/aromatic N) is 3. The Bertz CT molecular complexity index is 444. The van der Waals surface area contributed by atoms with E-state index < -0.39 is 0 Å². The summed E-state index contributed by atoms with van der Waals surface area (Å²) in [5, 5.41) is 3.39. The molecule has 1 aromatic rings. The molecule has 0 aliphatic carbocycles.